The topological polar surface area (TPSA) is 104 Å². The van der Waals surface area contributed by atoms with Gasteiger partial charge in [0.15, 0.2) is 6.04 Å². The quantitative estimate of drug-likeness (QED) is 0.646. The molecule has 27 heavy (non-hydrogen) atoms. The molecule has 1 aliphatic rings. The Morgan fingerprint density at radius 2 is 1.74 bits per heavy atom. The van der Waals surface area contributed by atoms with E-state index >= 15 is 0 Å². The summed E-state index contributed by atoms with van der Waals surface area (Å²) < 4.78 is 5.36. The van der Waals surface area contributed by atoms with Crippen LogP contribution in [0.15, 0.2) is 60.9 Å². The molecule has 1 unspecified atom stereocenters. The summed E-state index contributed by atoms with van der Waals surface area (Å²) in [6.45, 7) is 0.115. The molecule has 136 valence electrons. The highest BCUT2D eigenvalue weighted by Crippen LogP contribution is 2.44. The highest BCUT2D eigenvalue weighted by Gasteiger charge is 2.30. The Kier molecular flexibility index (Phi) is 4.33. The molecule has 1 atom stereocenters. The lowest BCUT2D eigenvalue weighted by atomic mass is 9.98. The molecule has 0 saturated carbocycles. The van der Waals surface area contributed by atoms with Gasteiger partial charge in [-0.1, -0.05) is 48.5 Å². The summed E-state index contributed by atoms with van der Waals surface area (Å²) in [4.78, 5) is 30.2. The number of amides is 1. The number of rotatable bonds is 5. The van der Waals surface area contributed by atoms with Crippen molar-refractivity contribution in [3.05, 3.63) is 77.9 Å². The molecule has 0 fully saturated rings. The van der Waals surface area contributed by atoms with Crippen LogP contribution >= 0.6 is 0 Å². The average molecular weight is 363 g/mol. The van der Waals surface area contributed by atoms with E-state index in [0.717, 1.165) is 22.3 Å². The van der Waals surface area contributed by atoms with E-state index in [0.29, 0.717) is 0 Å². The van der Waals surface area contributed by atoms with E-state index in [9.17, 15) is 14.7 Å². The van der Waals surface area contributed by atoms with Crippen LogP contribution in [-0.4, -0.2) is 33.7 Å². The maximum atomic E-state index is 12.2. The van der Waals surface area contributed by atoms with E-state index in [4.69, 9.17) is 4.74 Å². The summed E-state index contributed by atoms with van der Waals surface area (Å²) in [5, 5.41) is 11.6. The van der Waals surface area contributed by atoms with Gasteiger partial charge in [-0.2, -0.15) is 0 Å². The molecule has 4 rings (SSSR count). The summed E-state index contributed by atoms with van der Waals surface area (Å²) in [5.41, 5.74) is 4.43. The summed E-state index contributed by atoms with van der Waals surface area (Å²) in [6, 6.07) is 14.7. The van der Waals surface area contributed by atoms with Gasteiger partial charge in [-0.25, -0.2) is 14.6 Å². The SMILES string of the molecule is O=C(NC(C(=O)O)c1ncc[nH]1)OCC1c2ccccc2-c2ccccc21. The lowest BCUT2D eigenvalue weighted by Crippen LogP contribution is -2.35. The van der Waals surface area contributed by atoms with Gasteiger partial charge in [0.25, 0.3) is 0 Å². The second-order valence-corrected chi connectivity index (χ2v) is 6.22. The first-order valence-electron chi connectivity index (χ1n) is 8.48. The number of imidazole rings is 1. The van der Waals surface area contributed by atoms with Crippen LogP contribution in [0.2, 0.25) is 0 Å². The molecule has 0 spiro atoms. The molecule has 7 nitrogen and oxygen atoms in total. The fourth-order valence-corrected chi connectivity index (χ4v) is 3.44. The number of ether oxygens (including phenoxy) is 1. The van der Waals surface area contributed by atoms with Crippen molar-refractivity contribution < 1.29 is 19.4 Å². The monoisotopic (exact) mass is 363 g/mol. The fraction of sp³-hybridized carbons (Fsp3) is 0.150. The summed E-state index contributed by atoms with van der Waals surface area (Å²) in [6.07, 6.45) is 2.11. The van der Waals surface area contributed by atoms with Gasteiger partial charge in [0.2, 0.25) is 0 Å². The van der Waals surface area contributed by atoms with Crippen molar-refractivity contribution in [3.8, 4) is 11.1 Å². The predicted octanol–water partition coefficient (Wildman–Crippen LogP) is 3.07. The number of fused-ring (bicyclic) bond motifs is 3. The van der Waals surface area contributed by atoms with Crippen molar-refractivity contribution >= 4 is 12.1 Å². The summed E-state index contributed by atoms with van der Waals surface area (Å²) in [7, 11) is 0. The van der Waals surface area contributed by atoms with Crippen molar-refractivity contribution in [2.24, 2.45) is 0 Å². The number of H-pyrrole nitrogens is 1. The minimum Gasteiger partial charge on any atom is -0.479 e. The number of hydrogen-bond acceptors (Lipinski definition) is 4. The zero-order chi connectivity index (χ0) is 18.8. The van der Waals surface area contributed by atoms with Gasteiger partial charge in [0.05, 0.1) is 0 Å². The smallest absolute Gasteiger partial charge is 0.408 e. The van der Waals surface area contributed by atoms with Crippen LogP contribution in [0.3, 0.4) is 0 Å². The number of hydrogen-bond donors (Lipinski definition) is 3. The molecule has 1 amide bonds. The number of aliphatic carboxylic acids is 1. The third-order valence-electron chi connectivity index (χ3n) is 4.65. The molecule has 1 heterocycles. The lowest BCUT2D eigenvalue weighted by molar-refractivity contribution is -0.139. The Labute approximate surface area is 155 Å². The van der Waals surface area contributed by atoms with Crippen LogP contribution in [0.1, 0.15) is 28.9 Å². The number of carboxylic acid groups (broad SMARTS) is 1. The van der Waals surface area contributed by atoms with Crippen LogP contribution in [0.5, 0.6) is 0 Å². The Hall–Kier alpha value is -3.61. The van der Waals surface area contributed by atoms with E-state index in [1.165, 1.54) is 12.4 Å². The zero-order valence-electron chi connectivity index (χ0n) is 14.3. The first-order chi connectivity index (χ1) is 13.1. The molecule has 1 aromatic heterocycles. The van der Waals surface area contributed by atoms with Crippen molar-refractivity contribution in [2.45, 2.75) is 12.0 Å². The number of carbonyl (C=O) groups excluding carboxylic acids is 1. The fourth-order valence-electron chi connectivity index (χ4n) is 3.44. The molecule has 0 saturated heterocycles. The molecule has 3 N–H and O–H groups in total. The third kappa shape index (κ3) is 3.15. The number of nitrogens with zero attached hydrogens (tertiary/aromatic N) is 1. The van der Waals surface area contributed by atoms with Gasteiger partial charge in [0.1, 0.15) is 12.4 Å². The Morgan fingerprint density at radius 1 is 1.11 bits per heavy atom. The Balaban J connectivity index is 1.49. The maximum absolute atomic E-state index is 12.2. The van der Waals surface area contributed by atoms with Crippen molar-refractivity contribution in [3.63, 3.8) is 0 Å². The van der Waals surface area contributed by atoms with Crippen molar-refractivity contribution in [1.29, 1.82) is 0 Å². The number of carboxylic acids is 1. The van der Waals surface area contributed by atoms with Gasteiger partial charge in [-0.3, -0.25) is 0 Å². The molecule has 2 aromatic carbocycles. The summed E-state index contributed by atoms with van der Waals surface area (Å²) in [5.74, 6) is -1.18. The highest BCUT2D eigenvalue weighted by atomic mass is 16.5. The molecule has 0 aliphatic heterocycles. The van der Waals surface area contributed by atoms with E-state index in [1.54, 1.807) is 0 Å². The highest BCUT2D eigenvalue weighted by molar-refractivity contribution is 5.81. The van der Waals surface area contributed by atoms with Crippen LogP contribution in [0, 0.1) is 0 Å². The Bertz CT molecular complexity index is 939. The zero-order valence-corrected chi connectivity index (χ0v) is 14.3. The minimum absolute atomic E-state index is 0.0879. The molecule has 7 heteroatoms. The van der Waals surface area contributed by atoms with Gasteiger partial charge >= 0.3 is 12.1 Å². The van der Waals surface area contributed by atoms with E-state index < -0.39 is 18.1 Å². The van der Waals surface area contributed by atoms with Gasteiger partial charge in [0, 0.05) is 18.3 Å². The summed E-state index contributed by atoms with van der Waals surface area (Å²) >= 11 is 0. The molecule has 3 aromatic rings. The first-order valence-corrected chi connectivity index (χ1v) is 8.48. The minimum atomic E-state index is -1.30. The second kappa shape index (κ2) is 6.95. The molecule has 1 aliphatic carbocycles. The van der Waals surface area contributed by atoms with Gasteiger partial charge in [-0.05, 0) is 22.3 Å². The predicted molar refractivity (Wildman–Crippen MR) is 97.2 cm³/mol. The largest absolute Gasteiger partial charge is 0.479 e. The van der Waals surface area contributed by atoms with Gasteiger partial charge in [-0.15, -0.1) is 0 Å². The van der Waals surface area contributed by atoms with E-state index in [2.05, 4.69) is 15.3 Å². The number of aromatic nitrogens is 2. The van der Waals surface area contributed by atoms with Crippen LogP contribution in [0.25, 0.3) is 11.1 Å². The van der Waals surface area contributed by atoms with Crippen molar-refractivity contribution in [1.82, 2.24) is 15.3 Å². The second-order valence-electron chi connectivity index (χ2n) is 6.22. The van der Waals surface area contributed by atoms with Crippen LogP contribution < -0.4 is 5.32 Å². The molecular formula is C20H17N3O4. The first kappa shape index (κ1) is 16.8. The van der Waals surface area contributed by atoms with Crippen LogP contribution in [0.4, 0.5) is 4.79 Å². The number of aromatic amines is 1. The number of carbonyl (C=O) groups is 2. The maximum Gasteiger partial charge on any atom is 0.408 e. The van der Waals surface area contributed by atoms with Crippen LogP contribution in [-0.2, 0) is 9.53 Å². The van der Waals surface area contributed by atoms with E-state index in [1.807, 2.05) is 48.5 Å². The molecule has 0 radical (unpaired) electrons. The number of benzene rings is 2. The lowest BCUT2D eigenvalue weighted by Gasteiger charge is -2.16. The van der Waals surface area contributed by atoms with Crippen molar-refractivity contribution in [2.75, 3.05) is 6.61 Å². The number of nitrogens with one attached hydrogen (secondary N) is 2. The van der Waals surface area contributed by atoms with E-state index in [-0.39, 0.29) is 18.3 Å². The standard InChI is InChI=1S/C20H17N3O4/c24-19(25)17(18-21-9-10-22-18)23-20(26)27-11-16-14-7-3-1-5-12(14)13-6-2-4-8-15(13)16/h1-10,16-17H,11H2,(H,21,22)(H,23,26)(H,24,25). The Morgan fingerprint density at radius 3 is 2.30 bits per heavy atom. The molecule has 0 bridgehead atoms. The number of alkyl carbamates (subject to hydrolysis) is 1. The normalized spacial score (nSPS) is 13.5. The molecular weight excluding hydrogens is 346 g/mol. The van der Waals surface area contributed by atoms with Gasteiger partial charge < -0.3 is 20.1 Å². The average Bonchev–Trinajstić information content (AvgIpc) is 3.31. The third-order valence-corrected chi connectivity index (χ3v) is 4.65.